The molecule has 0 saturated heterocycles. The SMILES string of the molecule is CC(C)Oc1ccc(C(=O)[O-])c(OC(C)C)c1OC(C)C.CC(C)Oc1ccc(C(=O)[O-])c(OC(C)C)c1OC(C)C.CC(C)Oc1ccc(C(=O)[O-])c(OC(C)C)c1OC(C)C.CC(C)Oc1ccc(C(=O)[O-])c(OC(C)C)c1OC(C)C.[Ti+4]. The van der Waals surface area contributed by atoms with Gasteiger partial charge < -0.3 is 96.4 Å². The molecule has 0 bridgehead atoms. The first-order valence-corrected chi connectivity index (χ1v) is 28.4. The van der Waals surface area contributed by atoms with E-state index in [1.54, 1.807) is 24.3 Å². The summed E-state index contributed by atoms with van der Waals surface area (Å²) < 4.78 is 68.2. The molecule has 0 unspecified atom stereocenters. The minimum atomic E-state index is -1.31. The van der Waals surface area contributed by atoms with Gasteiger partial charge in [0.1, 0.15) is 0 Å². The number of aromatic carboxylic acids is 4. The number of benzene rings is 4. The maximum Gasteiger partial charge on any atom is 4.00 e. The molecule has 0 aliphatic rings. The Labute approximate surface area is 518 Å². The van der Waals surface area contributed by atoms with Gasteiger partial charge in [-0.3, -0.25) is 0 Å². The van der Waals surface area contributed by atoms with E-state index >= 15 is 0 Å². The number of carboxylic acid groups (broad SMARTS) is 4. The van der Waals surface area contributed by atoms with Crippen molar-refractivity contribution in [2.24, 2.45) is 0 Å². The van der Waals surface area contributed by atoms with Crippen LogP contribution >= 0.6 is 0 Å². The summed E-state index contributed by atoms with van der Waals surface area (Å²) in [5.41, 5.74) is -0.183. The summed E-state index contributed by atoms with van der Waals surface area (Å²) in [7, 11) is 0. The van der Waals surface area contributed by atoms with Crippen LogP contribution in [0.2, 0.25) is 0 Å². The number of hydrogen-bond acceptors (Lipinski definition) is 20. The van der Waals surface area contributed by atoms with Crippen LogP contribution in [0, 0.1) is 0 Å². The van der Waals surface area contributed by atoms with Crippen LogP contribution < -0.4 is 77.3 Å². The second-order valence-corrected chi connectivity index (χ2v) is 22.2. The molecule has 472 valence electrons. The first-order valence-electron chi connectivity index (χ1n) is 28.4. The second-order valence-electron chi connectivity index (χ2n) is 22.2. The van der Waals surface area contributed by atoms with Crippen LogP contribution in [0.1, 0.15) is 208 Å². The van der Waals surface area contributed by atoms with E-state index in [4.69, 9.17) is 56.8 Å². The third kappa shape index (κ3) is 27.8. The molecule has 20 nitrogen and oxygen atoms in total. The zero-order chi connectivity index (χ0) is 64.6. The van der Waals surface area contributed by atoms with Crippen molar-refractivity contribution >= 4 is 23.9 Å². The van der Waals surface area contributed by atoms with E-state index in [-0.39, 0.29) is 140 Å². The third-order valence-corrected chi connectivity index (χ3v) is 9.46. The van der Waals surface area contributed by atoms with Crippen molar-refractivity contribution in [3.8, 4) is 69.0 Å². The van der Waals surface area contributed by atoms with E-state index in [1.807, 2.05) is 166 Å². The van der Waals surface area contributed by atoms with Gasteiger partial charge in [0.05, 0.1) is 97.1 Å². The number of rotatable bonds is 28. The van der Waals surface area contributed by atoms with Gasteiger partial charge in [-0.2, -0.15) is 0 Å². The van der Waals surface area contributed by atoms with E-state index in [0.29, 0.717) is 46.0 Å². The molecule has 0 N–H and O–H groups in total. The van der Waals surface area contributed by atoms with Gasteiger partial charge in [0.25, 0.3) is 0 Å². The van der Waals surface area contributed by atoms with E-state index in [1.165, 1.54) is 24.3 Å². The van der Waals surface area contributed by atoms with Crippen LogP contribution in [0.5, 0.6) is 69.0 Å². The maximum atomic E-state index is 11.3. The van der Waals surface area contributed by atoms with Crippen molar-refractivity contribution in [1.29, 1.82) is 0 Å². The molecule has 0 aromatic heterocycles. The van der Waals surface area contributed by atoms with Crippen LogP contribution in [0.4, 0.5) is 0 Å². The van der Waals surface area contributed by atoms with Gasteiger partial charge in [-0.15, -0.1) is 0 Å². The van der Waals surface area contributed by atoms with Gasteiger partial charge in [0.15, 0.2) is 46.0 Å². The fraction of sp³-hybridized carbons (Fsp3) is 0.562. The zero-order valence-electron chi connectivity index (χ0n) is 54.2. The molecule has 0 radical (unpaired) electrons. The van der Waals surface area contributed by atoms with E-state index in [9.17, 15) is 39.6 Å². The monoisotopic (exact) mass is 1230 g/mol. The Morgan fingerprint density at radius 3 is 0.447 bits per heavy atom. The molecule has 21 heteroatoms. The molecule has 4 aromatic rings. The fourth-order valence-corrected chi connectivity index (χ4v) is 7.01. The summed E-state index contributed by atoms with van der Waals surface area (Å²) in [4.78, 5) is 45.1. The van der Waals surface area contributed by atoms with Crippen LogP contribution in [-0.4, -0.2) is 97.1 Å². The van der Waals surface area contributed by atoms with Crippen molar-refractivity contribution < 1.29 is 118 Å². The summed E-state index contributed by atoms with van der Waals surface area (Å²) >= 11 is 0. The average Bonchev–Trinajstić information content (AvgIpc) is 3.32. The Bertz CT molecular complexity index is 2340. The van der Waals surface area contributed by atoms with Crippen LogP contribution in [-0.2, 0) is 21.7 Å². The van der Waals surface area contributed by atoms with E-state index in [0.717, 1.165) is 0 Å². The normalized spacial score (nSPS) is 11.0. The number of carboxylic acids is 4. The van der Waals surface area contributed by atoms with Crippen molar-refractivity contribution in [1.82, 2.24) is 0 Å². The van der Waals surface area contributed by atoms with Gasteiger partial charge in [-0.05, 0) is 215 Å². The molecule has 0 atom stereocenters. The minimum absolute atomic E-state index is 0. The fourth-order valence-electron chi connectivity index (χ4n) is 7.01. The van der Waals surface area contributed by atoms with E-state index < -0.39 is 23.9 Å². The Morgan fingerprint density at radius 1 is 0.224 bits per heavy atom. The first kappa shape index (κ1) is 78.1. The summed E-state index contributed by atoms with van der Waals surface area (Å²) in [6.45, 7) is 44.4. The molecule has 4 aromatic carbocycles. The molecule has 0 aliphatic carbocycles. The molecular formula is C64H92O20Ti. The molecule has 0 aliphatic heterocycles. The van der Waals surface area contributed by atoms with E-state index in [2.05, 4.69) is 0 Å². The Balaban J connectivity index is 0.00000110. The summed E-state index contributed by atoms with van der Waals surface area (Å²) in [5, 5.41) is 45.1. The summed E-state index contributed by atoms with van der Waals surface area (Å²) in [6.07, 6.45) is -1.67. The maximum absolute atomic E-state index is 11.3. The van der Waals surface area contributed by atoms with Crippen LogP contribution in [0.15, 0.2) is 48.5 Å². The molecule has 0 spiro atoms. The number of carbonyl (C=O) groups excluding carboxylic acids is 4. The smallest absolute Gasteiger partial charge is 0.545 e. The minimum Gasteiger partial charge on any atom is -0.545 e. The van der Waals surface area contributed by atoms with Crippen molar-refractivity contribution in [2.45, 2.75) is 239 Å². The van der Waals surface area contributed by atoms with Gasteiger partial charge >= 0.3 is 21.7 Å². The Kier molecular flexibility index (Phi) is 34.4. The van der Waals surface area contributed by atoms with Gasteiger partial charge in [0.2, 0.25) is 23.0 Å². The number of ether oxygens (including phenoxy) is 12. The Morgan fingerprint density at radius 2 is 0.341 bits per heavy atom. The van der Waals surface area contributed by atoms with Crippen molar-refractivity contribution in [3.05, 3.63) is 70.8 Å². The zero-order valence-corrected chi connectivity index (χ0v) is 55.8. The third-order valence-electron chi connectivity index (χ3n) is 9.46. The molecule has 0 heterocycles. The predicted octanol–water partition coefficient (Wildman–Crippen LogP) is 9.64. The molecule has 85 heavy (non-hydrogen) atoms. The standard InChI is InChI=1S/4C16H24O5.Ti/c4*1-9(2)19-13-8-7-12(16(17)18)14(20-10(3)4)15(13)21-11(5)6;/h4*7-11H,1-6H3,(H,17,18);/q;;;;+4/p-4. The van der Waals surface area contributed by atoms with Gasteiger partial charge in [-0.1, -0.05) is 0 Å². The van der Waals surface area contributed by atoms with Crippen molar-refractivity contribution in [3.63, 3.8) is 0 Å². The molecule has 0 fully saturated rings. The summed E-state index contributed by atoms with van der Waals surface area (Å²) in [5.74, 6) is -1.61. The predicted molar refractivity (Wildman–Crippen MR) is 312 cm³/mol. The molecule has 0 saturated carbocycles. The number of carbonyl (C=O) groups is 4. The average molecular weight is 1230 g/mol. The first-order chi connectivity index (χ1) is 38.9. The topological polar surface area (TPSA) is 271 Å². The largest absolute Gasteiger partial charge is 4.00 e. The van der Waals surface area contributed by atoms with Crippen LogP contribution in [0.25, 0.3) is 0 Å². The Hall–Kier alpha value is -6.93. The number of hydrogen-bond donors (Lipinski definition) is 0. The van der Waals surface area contributed by atoms with Gasteiger partial charge in [0, 0.05) is 22.3 Å². The molecule has 4 rings (SSSR count). The summed E-state index contributed by atoms with van der Waals surface area (Å²) in [6, 6.07) is 11.9. The second kappa shape index (κ2) is 37.5. The van der Waals surface area contributed by atoms with Gasteiger partial charge in [-0.25, -0.2) is 0 Å². The molecule has 0 amide bonds. The quantitative estimate of drug-likeness (QED) is 0.0478. The molecular weight excluding hydrogens is 1140 g/mol. The van der Waals surface area contributed by atoms with Crippen LogP contribution in [0.3, 0.4) is 0 Å². The van der Waals surface area contributed by atoms with Crippen molar-refractivity contribution in [2.75, 3.05) is 0 Å².